The van der Waals surface area contributed by atoms with Crippen molar-refractivity contribution in [1.82, 2.24) is 9.99 Å². The molecule has 2 aromatic carbocycles. The maximum Gasteiger partial charge on any atom is 0.338 e. The highest BCUT2D eigenvalue weighted by Crippen LogP contribution is 2.34. The summed E-state index contributed by atoms with van der Waals surface area (Å²) in [6, 6.07) is 16.0. The maximum atomic E-state index is 13.2. The Labute approximate surface area is 212 Å². The van der Waals surface area contributed by atoms with Crippen LogP contribution in [0.2, 0.25) is 5.02 Å². The van der Waals surface area contributed by atoms with Crippen molar-refractivity contribution in [3.8, 4) is 0 Å². The number of halogens is 1. The number of hydrazone groups is 1. The molecule has 36 heavy (non-hydrogen) atoms. The van der Waals surface area contributed by atoms with Crippen LogP contribution in [0.3, 0.4) is 0 Å². The zero-order valence-electron chi connectivity index (χ0n) is 19.5. The van der Waals surface area contributed by atoms with E-state index in [9.17, 15) is 9.59 Å². The van der Waals surface area contributed by atoms with Gasteiger partial charge in [0.15, 0.2) is 6.61 Å². The van der Waals surface area contributed by atoms with E-state index in [2.05, 4.69) is 10.1 Å². The van der Waals surface area contributed by atoms with Gasteiger partial charge in [-0.3, -0.25) is 4.79 Å². The number of furan rings is 1. The molecule has 1 aliphatic carbocycles. The Morgan fingerprint density at radius 3 is 2.75 bits per heavy atom. The zero-order valence-corrected chi connectivity index (χ0v) is 20.3. The van der Waals surface area contributed by atoms with Crippen molar-refractivity contribution in [1.29, 1.82) is 0 Å². The molecule has 182 valence electrons. The Kier molecular flexibility index (Phi) is 5.85. The van der Waals surface area contributed by atoms with Gasteiger partial charge in [-0.15, -0.1) is 0 Å². The van der Waals surface area contributed by atoms with Gasteiger partial charge >= 0.3 is 5.97 Å². The van der Waals surface area contributed by atoms with Gasteiger partial charge < -0.3 is 14.1 Å². The Balaban J connectivity index is 1.19. The predicted octanol–water partition coefficient (Wildman–Crippen LogP) is 5.83. The van der Waals surface area contributed by atoms with E-state index in [0.717, 1.165) is 41.4 Å². The second-order valence-electron chi connectivity index (χ2n) is 9.15. The number of hydrogen-bond donors (Lipinski definition) is 1. The SMILES string of the molecule is O=C(OCC(=O)N1N=C(c2ccc(Cl)cc2)C[C@H]1c1ccco1)c1ccc2[nH]c3c(c2c1)CCCC3. The van der Waals surface area contributed by atoms with Gasteiger partial charge in [0.2, 0.25) is 0 Å². The molecule has 1 aliphatic heterocycles. The van der Waals surface area contributed by atoms with E-state index in [1.807, 2.05) is 30.3 Å². The van der Waals surface area contributed by atoms with E-state index in [4.69, 9.17) is 20.8 Å². The number of hydrogen-bond acceptors (Lipinski definition) is 5. The van der Waals surface area contributed by atoms with Gasteiger partial charge in [0, 0.05) is 28.0 Å². The van der Waals surface area contributed by atoms with Crippen molar-refractivity contribution < 1.29 is 18.7 Å². The molecule has 7 nitrogen and oxygen atoms in total. The van der Waals surface area contributed by atoms with Gasteiger partial charge in [-0.25, -0.2) is 9.80 Å². The number of carbonyl (C=O) groups is 2. The predicted molar refractivity (Wildman–Crippen MR) is 136 cm³/mol. The van der Waals surface area contributed by atoms with Crippen molar-refractivity contribution in [2.24, 2.45) is 5.10 Å². The van der Waals surface area contributed by atoms with Crippen LogP contribution in [0.25, 0.3) is 10.9 Å². The summed E-state index contributed by atoms with van der Waals surface area (Å²) in [7, 11) is 0. The lowest BCUT2D eigenvalue weighted by molar-refractivity contribution is -0.136. The Morgan fingerprint density at radius 1 is 1.11 bits per heavy atom. The summed E-state index contributed by atoms with van der Waals surface area (Å²) < 4.78 is 11.0. The molecule has 1 N–H and O–H groups in total. The Hall–Kier alpha value is -3.84. The van der Waals surface area contributed by atoms with Crippen LogP contribution in [-0.4, -0.2) is 34.2 Å². The van der Waals surface area contributed by atoms with Crippen LogP contribution in [0.1, 0.15) is 58.2 Å². The van der Waals surface area contributed by atoms with Crippen LogP contribution < -0.4 is 0 Å². The minimum Gasteiger partial charge on any atom is -0.467 e. The number of rotatable bonds is 5. The molecule has 0 fully saturated rings. The molecule has 6 rings (SSSR count). The molecule has 0 bridgehead atoms. The number of amides is 1. The molecule has 0 saturated carbocycles. The number of nitrogens with zero attached hydrogens (tertiary/aromatic N) is 2. The van der Waals surface area contributed by atoms with Crippen molar-refractivity contribution in [3.05, 3.63) is 94.0 Å². The van der Waals surface area contributed by atoms with E-state index in [-0.39, 0.29) is 0 Å². The maximum absolute atomic E-state index is 13.2. The summed E-state index contributed by atoms with van der Waals surface area (Å²) in [5.74, 6) is -0.342. The van der Waals surface area contributed by atoms with Crippen LogP contribution in [0, 0.1) is 0 Å². The molecule has 1 atom stereocenters. The number of aromatic amines is 1. The normalized spacial score (nSPS) is 17.2. The number of benzene rings is 2. The molecular formula is C28H24ClN3O4. The zero-order chi connectivity index (χ0) is 24.6. The van der Waals surface area contributed by atoms with E-state index in [1.165, 1.54) is 22.7 Å². The number of aryl methyl sites for hydroxylation is 2. The largest absolute Gasteiger partial charge is 0.467 e. The highest BCUT2D eigenvalue weighted by Gasteiger charge is 2.35. The standard InChI is InChI=1S/C28H24ClN3O4/c29-19-10-7-17(8-11-19)24-15-25(26-6-3-13-35-26)32(31-24)27(33)16-36-28(34)18-9-12-23-21(14-18)20-4-1-2-5-22(20)30-23/h3,6-14,25,30H,1-2,4-5,15-16H2/t25-/m0/s1. The first kappa shape index (κ1) is 22.6. The summed E-state index contributed by atoms with van der Waals surface area (Å²) in [4.78, 5) is 29.5. The summed E-state index contributed by atoms with van der Waals surface area (Å²) in [6.45, 7) is -0.420. The number of ether oxygens (including phenoxy) is 1. The average Bonchev–Trinajstić information content (AvgIpc) is 3.65. The lowest BCUT2D eigenvalue weighted by atomic mass is 9.95. The van der Waals surface area contributed by atoms with E-state index < -0.39 is 24.5 Å². The quantitative estimate of drug-likeness (QED) is 0.348. The minimum absolute atomic E-state index is 0.417. The van der Waals surface area contributed by atoms with Gasteiger partial charge in [0.05, 0.1) is 17.5 Å². The van der Waals surface area contributed by atoms with Crippen molar-refractivity contribution >= 4 is 40.1 Å². The first-order valence-electron chi connectivity index (χ1n) is 12.1. The molecule has 1 amide bonds. The summed E-state index contributed by atoms with van der Waals surface area (Å²) in [6.07, 6.45) is 6.40. The molecule has 8 heteroatoms. The van der Waals surface area contributed by atoms with Crippen LogP contribution in [0.15, 0.2) is 70.4 Å². The van der Waals surface area contributed by atoms with Crippen molar-refractivity contribution in [3.63, 3.8) is 0 Å². The molecule has 0 saturated heterocycles. The smallest absolute Gasteiger partial charge is 0.338 e. The fraction of sp³-hybridized carbons (Fsp3) is 0.250. The number of aromatic nitrogens is 1. The fourth-order valence-electron chi connectivity index (χ4n) is 5.07. The third-order valence-electron chi connectivity index (χ3n) is 6.88. The van der Waals surface area contributed by atoms with Gasteiger partial charge in [-0.1, -0.05) is 23.7 Å². The second-order valence-corrected chi connectivity index (χ2v) is 9.59. The molecule has 0 radical (unpaired) electrons. The highest BCUT2D eigenvalue weighted by atomic mass is 35.5. The van der Waals surface area contributed by atoms with Crippen LogP contribution in [0.5, 0.6) is 0 Å². The van der Waals surface area contributed by atoms with Gasteiger partial charge in [-0.05, 0) is 79.3 Å². The number of H-pyrrole nitrogens is 1. The summed E-state index contributed by atoms with van der Waals surface area (Å²) in [5, 5.41) is 7.59. The fourth-order valence-corrected chi connectivity index (χ4v) is 5.20. The summed E-state index contributed by atoms with van der Waals surface area (Å²) in [5.41, 5.74) is 5.59. The highest BCUT2D eigenvalue weighted by molar-refractivity contribution is 6.30. The first-order valence-corrected chi connectivity index (χ1v) is 12.4. The Morgan fingerprint density at radius 2 is 1.94 bits per heavy atom. The third-order valence-corrected chi connectivity index (χ3v) is 7.13. The molecule has 3 heterocycles. The van der Waals surface area contributed by atoms with Gasteiger partial charge in [0.1, 0.15) is 11.8 Å². The topological polar surface area (TPSA) is 87.9 Å². The van der Waals surface area contributed by atoms with Gasteiger partial charge in [-0.2, -0.15) is 5.10 Å². The molecule has 2 aliphatic rings. The van der Waals surface area contributed by atoms with E-state index in [0.29, 0.717) is 22.8 Å². The van der Waals surface area contributed by atoms with Crippen LogP contribution in [-0.2, 0) is 22.4 Å². The number of fused-ring (bicyclic) bond motifs is 3. The number of carbonyl (C=O) groups excluding carboxylic acids is 2. The molecule has 4 aromatic rings. The molecule has 2 aromatic heterocycles. The number of nitrogens with one attached hydrogen (secondary N) is 1. The molecule has 0 unspecified atom stereocenters. The molecular weight excluding hydrogens is 478 g/mol. The Bertz CT molecular complexity index is 1470. The monoisotopic (exact) mass is 501 g/mol. The average molecular weight is 502 g/mol. The van der Waals surface area contributed by atoms with Crippen LogP contribution >= 0.6 is 11.6 Å². The lowest BCUT2D eigenvalue weighted by Crippen LogP contribution is -2.31. The molecule has 0 spiro atoms. The number of esters is 1. The third kappa shape index (κ3) is 4.20. The van der Waals surface area contributed by atoms with Crippen LogP contribution in [0.4, 0.5) is 0 Å². The van der Waals surface area contributed by atoms with Gasteiger partial charge in [0.25, 0.3) is 5.91 Å². The minimum atomic E-state index is -0.536. The van der Waals surface area contributed by atoms with Crippen molar-refractivity contribution in [2.75, 3.05) is 6.61 Å². The van der Waals surface area contributed by atoms with E-state index >= 15 is 0 Å². The lowest BCUT2D eigenvalue weighted by Gasteiger charge is -2.19. The van der Waals surface area contributed by atoms with Crippen molar-refractivity contribution in [2.45, 2.75) is 38.1 Å². The summed E-state index contributed by atoms with van der Waals surface area (Å²) >= 11 is 6.02. The van der Waals surface area contributed by atoms with E-state index in [1.54, 1.807) is 30.5 Å². The first-order chi connectivity index (χ1) is 17.6. The second kappa shape index (κ2) is 9.32.